The maximum atomic E-state index is 12.9. The van der Waals surface area contributed by atoms with Crippen LogP contribution in [0.2, 0.25) is 5.02 Å². The molecule has 0 aliphatic carbocycles. The molecule has 10 heteroatoms. The van der Waals surface area contributed by atoms with Crippen molar-refractivity contribution in [3.8, 4) is 11.3 Å². The van der Waals surface area contributed by atoms with Gasteiger partial charge in [0.05, 0.1) is 17.1 Å². The standard InChI is InChI=1S/C35H28ClN3O.C23H20N2.C15H14ClN.C5H7N/c1-3-27(14-13-23-36)34(40)28-21-22-33(37-24-28)32-25-39(38-26(32)2)35(29-15-7-4-8-16-29,30-17-9-5-10-18-30)31-19-11-6-12-20-31;1-19-17-18-25(24-19)23(20-11-5-2-6-12-20,21-13-7-3-8-14-21)22-15-9-4-10-16-22;16-15-8-6-13(7-9-15)10-11-17-12-14-4-2-1-3-5-14;1-2-3-4-5-6/h3-25H,1H2,2H3;2-18H,1H3;1-11,17H,12H2;2-6H,1H2/b23-13+,27-14+;;11-10+;4-3-,6-5?. The van der Waals surface area contributed by atoms with E-state index < -0.39 is 11.1 Å². The van der Waals surface area contributed by atoms with Gasteiger partial charge in [0.15, 0.2) is 5.78 Å². The Labute approximate surface area is 527 Å². The van der Waals surface area contributed by atoms with E-state index in [1.807, 2.05) is 104 Å². The van der Waals surface area contributed by atoms with Crippen molar-refractivity contribution >= 4 is 41.3 Å². The van der Waals surface area contributed by atoms with Crippen LogP contribution in [-0.4, -0.2) is 36.5 Å². The number of carbonyl (C=O) groups excluding carboxylic acids is 1. The lowest BCUT2D eigenvalue weighted by atomic mass is 9.77. The van der Waals surface area contributed by atoms with Crippen LogP contribution in [-0.2, 0) is 17.6 Å². The van der Waals surface area contributed by atoms with Crippen molar-refractivity contribution in [2.45, 2.75) is 31.5 Å². The summed E-state index contributed by atoms with van der Waals surface area (Å²) >= 11 is 11.4. The molecule has 0 bridgehead atoms. The van der Waals surface area contributed by atoms with Crippen molar-refractivity contribution in [3.05, 3.63) is 407 Å². The summed E-state index contributed by atoms with van der Waals surface area (Å²) in [5, 5.41) is 20.4. The molecule has 0 unspecified atom stereocenters. The highest BCUT2D eigenvalue weighted by atomic mass is 35.5. The van der Waals surface area contributed by atoms with Gasteiger partial charge in [0.25, 0.3) is 0 Å². The van der Waals surface area contributed by atoms with Gasteiger partial charge in [-0.05, 0) is 107 Å². The third-order valence-electron chi connectivity index (χ3n) is 14.3. The number of hydrogen-bond acceptors (Lipinski definition) is 6. The first kappa shape index (κ1) is 63.5. The molecule has 0 fully saturated rings. The second-order valence-corrected chi connectivity index (χ2v) is 20.7. The van der Waals surface area contributed by atoms with E-state index in [2.05, 4.69) is 216 Å². The molecule has 0 saturated carbocycles. The fraction of sp³-hybridized carbons (Fsp3) is 0.0641. The molecule has 8 aromatic carbocycles. The van der Waals surface area contributed by atoms with E-state index in [-0.39, 0.29) is 5.78 Å². The van der Waals surface area contributed by atoms with Crippen molar-refractivity contribution in [2.75, 3.05) is 0 Å². The van der Waals surface area contributed by atoms with Crippen LogP contribution in [0.4, 0.5) is 0 Å². The third kappa shape index (κ3) is 15.9. The number of Topliss-reactive ketones (excluding diaryl/α,β-unsaturated/α-hetero) is 1. The van der Waals surface area contributed by atoms with E-state index in [9.17, 15) is 4.79 Å². The van der Waals surface area contributed by atoms with E-state index in [1.165, 1.54) is 40.1 Å². The highest BCUT2D eigenvalue weighted by molar-refractivity contribution is 6.30. The molecule has 8 nitrogen and oxygen atoms in total. The summed E-state index contributed by atoms with van der Waals surface area (Å²) in [6.45, 7) is 12.0. The molecule has 11 aromatic rings. The maximum Gasteiger partial charge on any atom is 0.194 e. The Morgan fingerprint density at radius 1 is 0.568 bits per heavy atom. The van der Waals surface area contributed by atoms with Gasteiger partial charge in [-0.25, -0.2) is 0 Å². The van der Waals surface area contributed by atoms with Crippen molar-refractivity contribution in [3.63, 3.8) is 0 Å². The molecule has 0 radical (unpaired) electrons. The Balaban J connectivity index is 0.000000177. The van der Waals surface area contributed by atoms with Crippen LogP contribution in [0.25, 0.3) is 17.3 Å². The first-order chi connectivity index (χ1) is 43.2. The molecule has 3 heterocycles. The molecular formula is C78H69Cl2N7O. The number of rotatable bonds is 19. The van der Waals surface area contributed by atoms with Gasteiger partial charge >= 0.3 is 0 Å². The fourth-order valence-corrected chi connectivity index (χ4v) is 10.4. The quantitative estimate of drug-likeness (QED) is 0.0276. The monoisotopic (exact) mass is 1190 g/mol. The van der Waals surface area contributed by atoms with Gasteiger partial charge < -0.3 is 10.7 Å². The first-order valence-corrected chi connectivity index (χ1v) is 29.5. The Kier molecular flexibility index (Phi) is 23.6. The van der Waals surface area contributed by atoms with Crippen LogP contribution in [0.5, 0.6) is 0 Å². The summed E-state index contributed by atoms with van der Waals surface area (Å²) < 4.78 is 4.12. The van der Waals surface area contributed by atoms with Crippen LogP contribution < -0.4 is 5.32 Å². The fourth-order valence-electron chi connectivity index (χ4n) is 10.2. The van der Waals surface area contributed by atoms with Crippen LogP contribution in [0.15, 0.2) is 340 Å². The summed E-state index contributed by atoms with van der Waals surface area (Å²) in [6, 6.07) is 86.7. The summed E-state index contributed by atoms with van der Waals surface area (Å²) in [4.78, 5) is 17.6. The van der Waals surface area contributed by atoms with Gasteiger partial charge in [0.2, 0.25) is 0 Å². The highest BCUT2D eigenvalue weighted by Gasteiger charge is 2.41. The van der Waals surface area contributed by atoms with Gasteiger partial charge in [-0.1, -0.05) is 291 Å². The van der Waals surface area contributed by atoms with Crippen molar-refractivity contribution in [1.82, 2.24) is 29.9 Å². The maximum absolute atomic E-state index is 12.9. The number of ketones is 1. The van der Waals surface area contributed by atoms with Crippen LogP contribution in [0.1, 0.15) is 66.3 Å². The molecule has 0 amide bonds. The third-order valence-corrected chi connectivity index (χ3v) is 14.7. The average molecular weight is 1190 g/mol. The molecule has 0 aliphatic rings. The van der Waals surface area contributed by atoms with Crippen LogP contribution in [0, 0.1) is 19.3 Å². The summed E-state index contributed by atoms with van der Waals surface area (Å²) in [5.74, 6) is -0.174. The summed E-state index contributed by atoms with van der Waals surface area (Å²) in [7, 11) is 0. The van der Waals surface area contributed by atoms with E-state index in [4.69, 9.17) is 38.8 Å². The number of allylic oxidation sites excluding steroid dienone is 7. The molecule has 0 atom stereocenters. The molecule has 0 spiro atoms. The van der Waals surface area contributed by atoms with Crippen molar-refractivity contribution in [2.24, 2.45) is 0 Å². The zero-order valence-corrected chi connectivity index (χ0v) is 50.8. The predicted molar refractivity (Wildman–Crippen MR) is 366 cm³/mol. The van der Waals surface area contributed by atoms with Crippen LogP contribution >= 0.6 is 23.2 Å². The molecular weight excluding hydrogens is 1120 g/mol. The summed E-state index contributed by atoms with van der Waals surface area (Å²) in [5.41, 5.74) is 13.7. The highest BCUT2D eigenvalue weighted by Crippen LogP contribution is 2.43. The van der Waals surface area contributed by atoms with Gasteiger partial charge in [0.1, 0.15) is 11.1 Å². The van der Waals surface area contributed by atoms with E-state index in [0.717, 1.165) is 56.5 Å². The number of carbonyl (C=O) groups is 1. The van der Waals surface area contributed by atoms with Crippen molar-refractivity contribution < 1.29 is 4.79 Å². The second kappa shape index (κ2) is 32.7. The van der Waals surface area contributed by atoms with Gasteiger partial charge in [0, 0.05) is 58.6 Å². The van der Waals surface area contributed by atoms with E-state index >= 15 is 0 Å². The lowest BCUT2D eigenvalue weighted by Gasteiger charge is -2.36. The average Bonchev–Trinajstić information content (AvgIpc) is 1.63. The number of aromatic nitrogens is 5. The predicted octanol–water partition coefficient (Wildman–Crippen LogP) is 18.7. The topological polar surface area (TPSA) is 101 Å². The van der Waals surface area contributed by atoms with Gasteiger partial charge in [-0.15, -0.1) is 0 Å². The number of pyridine rings is 1. The molecule has 11 rings (SSSR count). The number of hydrogen-bond donors (Lipinski definition) is 2. The number of halogens is 2. The number of nitrogens with one attached hydrogen (secondary N) is 2. The van der Waals surface area contributed by atoms with Crippen LogP contribution in [0.3, 0.4) is 0 Å². The Bertz CT molecular complexity index is 3850. The number of benzene rings is 8. The zero-order chi connectivity index (χ0) is 61.8. The first-order valence-electron chi connectivity index (χ1n) is 28.7. The smallest absolute Gasteiger partial charge is 0.194 e. The zero-order valence-electron chi connectivity index (χ0n) is 49.3. The minimum Gasteiger partial charge on any atom is -0.387 e. The molecule has 436 valence electrons. The molecule has 2 N–H and O–H groups in total. The SMILES string of the molecule is C=C/C(=C\C=C\Cl)C(=O)c1ccc(-c2cn(C(c3ccccc3)(c3ccccc3)c3ccccc3)nc2C)nc1.C=C/C=C\C=N.Cc1ccn(C(c2ccccc2)(c2ccccc2)c2ccccc2)n1.Clc1ccc(/C=C/NCc2ccccc2)cc1. The molecule has 0 aliphatic heterocycles. The van der Waals surface area contributed by atoms with E-state index in [0.29, 0.717) is 11.1 Å². The Morgan fingerprint density at radius 2 is 1.03 bits per heavy atom. The van der Waals surface area contributed by atoms with E-state index in [1.54, 1.807) is 42.6 Å². The number of nitrogens with zero attached hydrogens (tertiary/aromatic N) is 5. The largest absolute Gasteiger partial charge is 0.387 e. The molecule has 0 saturated heterocycles. The minimum atomic E-state index is -0.720. The Morgan fingerprint density at radius 3 is 1.42 bits per heavy atom. The normalized spacial score (nSPS) is 11.3. The van der Waals surface area contributed by atoms with Gasteiger partial charge in [-0.3, -0.25) is 19.1 Å². The second-order valence-electron chi connectivity index (χ2n) is 20.0. The summed E-state index contributed by atoms with van der Waals surface area (Å²) in [6.07, 6.45) is 20.6. The Hall–Kier alpha value is -10.5. The lowest BCUT2D eigenvalue weighted by molar-refractivity contribution is 0.103. The molecule has 3 aromatic heterocycles. The van der Waals surface area contributed by atoms with Gasteiger partial charge in [-0.2, -0.15) is 10.2 Å². The van der Waals surface area contributed by atoms with Crippen molar-refractivity contribution in [1.29, 1.82) is 5.41 Å². The minimum absolute atomic E-state index is 0.174. The molecule has 88 heavy (non-hydrogen) atoms. The lowest BCUT2D eigenvalue weighted by Crippen LogP contribution is -2.38. The number of aryl methyl sites for hydroxylation is 2.